The molecule has 1 unspecified atom stereocenters. The normalized spacial score (nSPS) is 20.2. The van der Waals surface area contributed by atoms with Crippen LogP contribution in [0.1, 0.15) is 12.8 Å². The van der Waals surface area contributed by atoms with Crippen LogP contribution in [0.25, 0.3) is 0 Å². The minimum atomic E-state index is -2.37. The molecule has 0 radical (unpaired) electrons. The molecular weight excluding hydrogens is 164 g/mol. The zero-order chi connectivity index (χ0) is 8.97. The second-order valence-corrected chi connectivity index (χ2v) is 2.84. The predicted molar refractivity (Wildman–Crippen MR) is 41.8 cm³/mol. The molecule has 0 aromatic carbocycles. The van der Waals surface area contributed by atoms with Crippen molar-refractivity contribution < 1.29 is 13.5 Å². The summed E-state index contributed by atoms with van der Waals surface area (Å²) in [6.07, 6.45) is 0.567. The molecule has 12 heavy (non-hydrogen) atoms. The van der Waals surface area contributed by atoms with E-state index in [0.29, 0.717) is 18.6 Å². The minimum Gasteiger partial charge on any atom is -0.501 e. The maximum absolute atomic E-state index is 12.3. The van der Waals surface area contributed by atoms with Gasteiger partial charge < -0.3 is 10.5 Å². The van der Waals surface area contributed by atoms with Crippen LogP contribution in [0.2, 0.25) is 0 Å². The van der Waals surface area contributed by atoms with E-state index in [9.17, 15) is 8.78 Å². The van der Waals surface area contributed by atoms with Crippen LogP contribution in [0.4, 0.5) is 8.78 Å². The second kappa shape index (κ2) is 4.40. The molecule has 1 rings (SSSR count). The summed E-state index contributed by atoms with van der Waals surface area (Å²) in [5, 5.41) is 0. The Kier molecular flexibility index (Phi) is 3.47. The molecule has 1 aliphatic rings. The lowest BCUT2D eigenvalue weighted by Gasteiger charge is -2.20. The molecular formula is C8H13F2NO. The minimum absolute atomic E-state index is 0.00708. The first-order valence-corrected chi connectivity index (χ1v) is 4.04. The van der Waals surface area contributed by atoms with E-state index in [2.05, 4.69) is 0 Å². The van der Waals surface area contributed by atoms with Gasteiger partial charge in [-0.25, -0.2) is 8.78 Å². The topological polar surface area (TPSA) is 35.2 Å². The van der Waals surface area contributed by atoms with Gasteiger partial charge in [-0.05, 0) is 18.4 Å². The Morgan fingerprint density at radius 2 is 2.33 bits per heavy atom. The molecule has 0 saturated carbocycles. The number of hydrogen-bond acceptors (Lipinski definition) is 2. The van der Waals surface area contributed by atoms with Crippen LogP contribution in [-0.2, 0) is 4.74 Å². The summed E-state index contributed by atoms with van der Waals surface area (Å²) in [6, 6.07) is 0. The fourth-order valence-corrected chi connectivity index (χ4v) is 1.27. The Hall–Kier alpha value is -0.640. The van der Waals surface area contributed by atoms with Crippen molar-refractivity contribution >= 4 is 0 Å². The van der Waals surface area contributed by atoms with Crippen molar-refractivity contribution in [3.63, 3.8) is 0 Å². The SMILES string of the molecule is NCC(C1=COCCC1)C(F)F. The van der Waals surface area contributed by atoms with Crippen molar-refractivity contribution in [3.05, 3.63) is 11.8 Å². The van der Waals surface area contributed by atoms with E-state index in [4.69, 9.17) is 10.5 Å². The van der Waals surface area contributed by atoms with Gasteiger partial charge in [-0.1, -0.05) is 0 Å². The van der Waals surface area contributed by atoms with Gasteiger partial charge >= 0.3 is 0 Å². The smallest absolute Gasteiger partial charge is 0.246 e. The van der Waals surface area contributed by atoms with Gasteiger partial charge in [0.2, 0.25) is 6.43 Å². The van der Waals surface area contributed by atoms with Crippen molar-refractivity contribution in [2.24, 2.45) is 11.7 Å². The Labute approximate surface area is 70.4 Å². The molecule has 0 amide bonds. The maximum atomic E-state index is 12.3. The quantitative estimate of drug-likeness (QED) is 0.709. The number of rotatable bonds is 3. The van der Waals surface area contributed by atoms with Gasteiger partial charge in [0.15, 0.2) is 0 Å². The van der Waals surface area contributed by atoms with E-state index in [1.165, 1.54) is 6.26 Å². The summed E-state index contributed by atoms with van der Waals surface area (Å²) in [5.74, 6) is -0.815. The van der Waals surface area contributed by atoms with Crippen LogP contribution in [-0.4, -0.2) is 19.6 Å². The fraction of sp³-hybridized carbons (Fsp3) is 0.750. The lowest BCUT2D eigenvalue weighted by molar-refractivity contribution is 0.0899. The van der Waals surface area contributed by atoms with Crippen LogP contribution in [0.5, 0.6) is 0 Å². The number of hydrogen-bond donors (Lipinski definition) is 1. The molecule has 0 saturated heterocycles. The van der Waals surface area contributed by atoms with Crippen molar-refractivity contribution in [1.29, 1.82) is 0 Å². The Bertz CT molecular complexity index is 170. The molecule has 0 bridgehead atoms. The van der Waals surface area contributed by atoms with Crippen LogP contribution in [0, 0.1) is 5.92 Å². The molecule has 0 aliphatic carbocycles. The van der Waals surface area contributed by atoms with Gasteiger partial charge in [0.1, 0.15) is 0 Å². The van der Waals surface area contributed by atoms with Gasteiger partial charge in [0.25, 0.3) is 0 Å². The third-order valence-corrected chi connectivity index (χ3v) is 2.00. The van der Waals surface area contributed by atoms with Crippen molar-refractivity contribution in [3.8, 4) is 0 Å². The summed E-state index contributed by atoms with van der Waals surface area (Å²) in [6.45, 7) is 0.622. The van der Waals surface area contributed by atoms with Crippen molar-refractivity contribution in [2.75, 3.05) is 13.2 Å². The Morgan fingerprint density at radius 3 is 2.75 bits per heavy atom. The van der Waals surface area contributed by atoms with E-state index in [-0.39, 0.29) is 6.54 Å². The highest BCUT2D eigenvalue weighted by Crippen LogP contribution is 2.24. The second-order valence-electron chi connectivity index (χ2n) is 2.84. The van der Waals surface area contributed by atoms with Gasteiger partial charge in [-0.3, -0.25) is 0 Å². The monoisotopic (exact) mass is 177 g/mol. The number of alkyl halides is 2. The molecule has 0 fully saturated rings. The van der Waals surface area contributed by atoms with Gasteiger partial charge in [-0.2, -0.15) is 0 Å². The molecule has 0 aromatic heterocycles. The third kappa shape index (κ3) is 2.17. The summed E-state index contributed by atoms with van der Waals surface area (Å²) in [7, 11) is 0. The highest BCUT2D eigenvalue weighted by atomic mass is 19.3. The van der Waals surface area contributed by atoms with E-state index >= 15 is 0 Å². The largest absolute Gasteiger partial charge is 0.501 e. The van der Waals surface area contributed by atoms with E-state index in [1.807, 2.05) is 0 Å². The zero-order valence-electron chi connectivity index (χ0n) is 6.80. The van der Waals surface area contributed by atoms with Crippen LogP contribution in [0.15, 0.2) is 11.8 Å². The van der Waals surface area contributed by atoms with Crippen LogP contribution in [0.3, 0.4) is 0 Å². The fourth-order valence-electron chi connectivity index (χ4n) is 1.27. The molecule has 70 valence electrons. The van der Waals surface area contributed by atoms with Crippen LogP contribution >= 0.6 is 0 Å². The lowest BCUT2D eigenvalue weighted by atomic mass is 9.96. The van der Waals surface area contributed by atoms with Crippen LogP contribution < -0.4 is 5.73 Å². The third-order valence-electron chi connectivity index (χ3n) is 2.00. The maximum Gasteiger partial charge on any atom is 0.246 e. The molecule has 2 nitrogen and oxygen atoms in total. The number of ether oxygens (including phenoxy) is 1. The van der Waals surface area contributed by atoms with Crippen molar-refractivity contribution in [2.45, 2.75) is 19.3 Å². The average molecular weight is 177 g/mol. The van der Waals surface area contributed by atoms with Crippen molar-refractivity contribution in [1.82, 2.24) is 0 Å². The Balaban J connectivity index is 2.57. The van der Waals surface area contributed by atoms with Gasteiger partial charge in [-0.15, -0.1) is 0 Å². The van der Waals surface area contributed by atoms with Gasteiger partial charge in [0.05, 0.1) is 18.8 Å². The highest BCUT2D eigenvalue weighted by molar-refractivity contribution is 5.07. The molecule has 0 aromatic rings. The van der Waals surface area contributed by atoms with E-state index in [1.54, 1.807) is 0 Å². The molecule has 2 N–H and O–H groups in total. The summed E-state index contributed by atoms with van der Waals surface area (Å²) in [5.41, 5.74) is 5.88. The standard InChI is InChI=1S/C8H13F2NO/c9-8(10)7(4-11)6-2-1-3-12-5-6/h5,7-8H,1-4,11H2. The predicted octanol–water partition coefficient (Wildman–Crippen LogP) is 1.52. The summed E-state index contributed by atoms with van der Waals surface area (Å²) in [4.78, 5) is 0. The first-order chi connectivity index (χ1) is 5.75. The average Bonchev–Trinajstić information content (AvgIpc) is 2.07. The Morgan fingerprint density at radius 1 is 1.58 bits per heavy atom. The summed E-state index contributed by atoms with van der Waals surface area (Å²) < 4.78 is 29.6. The molecule has 1 atom stereocenters. The van der Waals surface area contributed by atoms with E-state index in [0.717, 1.165) is 6.42 Å². The molecule has 0 spiro atoms. The van der Waals surface area contributed by atoms with Gasteiger partial charge in [0, 0.05) is 6.54 Å². The first kappa shape index (κ1) is 9.45. The lowest BCUT2D eigenvalue weighted by Crippen LogP contribution is -2.25. The first-order valence-electron chi connectivity index (χ1n) is 4.04. The number of nitrogens with two attached hydrogens (primary N) is 1. The highest BCUT2D eigenvalue weighted by Gasteiger charge is 2.24. The zero-order valence-corrected chi connectivity index (χ0v) is 6.80. The molecule has 1 aliphatic heterocycles. The summed E-state index contributed by atoms with van der Waals surface area (Å²) >= 11 is 0. The number of halogens is 2. The molecule has 1 heterocycles. The molecule has 4 heteroatoms. The van der Waals surface area contributed by atoms with E-state index < -0.39 is 12.3 Å².